The lowest BCUT2D eigenvalue weighted by Gasteiger charge is -2.15. The van der Waals surface area contributed by atoms with Crippen LogP contribution in [0.25, 0.3) is 0 Å². The number of rotatable bonds is 5. The van der Waals surface area contributed by atoms with Gasteiger partial charge in [0.2, 0.25) is 0 Å². The standard InChI is InChI=1S/C19H24N4O/c1-3-20-19(21-12-16-9-6-7-14(2)23-16)22-13-17-11-15-8-4-5-10-18(15)24-17/h4-10,17H,3,11-13H2,1-2H3,(H2,20,21,22). The van der Waals surface area contributed by atoms with E-state index in [1.165, 1.54) is 5.56 Å². The average Bonchev–Trinajstić information content (AvgIpc) is 3.00. The Morgan fingerprint density at radius 1 is 1.21 bits per heavy atom. The molecule has 0 spiro atoms. The normalized spacial score (nSPS) is 16.4. The van der Waals surface area contributed by atoms with Crippen molar-refractivity contribution in [1.82, 2.24) is 15.6 Å². The summed E-state index contributed by atoms with van der Waals surface area (Å²) in [6, 6.07) is 14.2. The number of nitrogens with one attached hydrogen (secondary N) is 2. The number of para-hydroxylation sites is 1. The molecule has 0 saturated carbocycles. The molecule has 1 aromatic carbocycles. The summed E-state index contributed by atoms with van der Waals surface area (Å²) >= 11 is 0. The van der Waals surface area contributed by atoms with Crippen molar-refractivity contribution in [3.05, 3.63) is 59.4 Å². The van der Waals surface area contributed by atoms with Gasteiger partial charge in [-0.2, -0.15) is 0 Å². The number of aliphatic imine (C=N–C) groups is 1. The Bertz CT molecular complexity index is 689. The van der Waals surface area contributed by atoms with E-state index in [-0.39, 0.29) is 6.10 Å². The SMILES string of the molecule is CCNC(=NCc1cccc(C)n1)NCC1Cc2ccccc2O1. The second-order valence-corrected chi connectivity index (χ2v) is 5.90. The number of hydrogen-bond donors (Lipinski definition) is 2. The lowest BCUT2D eigenvalue weighted by atomic mass is 10.1. The summed E-state index contributed by atoms with van der Waals surface area (Å²) in [6.45, 7) is 6.15. The molecule has 5 heteroatoms. The average molecular weight is 324 g/mol. The molecule has 2 N–H and O–H groups in total. The lowest BCUT2D eigenvalue weighted by molar-refractivity contribution is 0.235. The zero-order chi connectivity index (χ0) is 16.8. The van der Waals surface area contributed by atoms with Crippen LogP contribution in [0.15, 0.2) is 47.5 Å². The second kappa shape index (κ2) is 7.81. The van der Waals surface area contributed by atoms with E-state index in [1.54, 1.807) is 0 Å². The molecule has 5 nitrogen and oxygen atoms in total. The van der Waals surface area contributed by atoms with E-state index in [9.17, 15) is 0 Å². The van der Waals surface area contributed by atoms with Crippen LogP contribution in [0, 0.1) is 6.92 Å². The molecule has 1 atom stereocenters. The Morgan fingerprint density at radius 2 is 2.08 bits per heavy atom. The predicted octanol–water partition coefficient (Wildman–Crippen LogP) is 2.45. The molecule has 126 valence electrons. The van der Waals surface area contributed by atoms with E-state index in [2.05, 4.69) is 39.7 Å². The van der Waals surface area contributed by atoms with E-state index in [1.807, 2.05) is 37.3 Å². The van der Waals surface area contributed by atoms with E-state index in [0.717, 1.165) is 42.6 Å². The van der Waals surface area contributed by atoms with E-state index in [0.29, 0.717) is 6.54 Å². The minimum Gasteiger partial charge on any atom is -0.488 e. The van der Waals surface area contributed by atoms with Crippen molar-refractivity contribution in [1.29, 1.82) is 0 Å². The van der Waals surface area contributed by atoms with Crippen LogP contribution in [0.1, 0.15) is 23.9 Å². The van der Waals surface area contributed by atoms with E-state index < -0.39 is 0 Å². The lowest BCUT2D eigenvalue weighted by Crippen LogP contribution is -2.42. The summed E-state index contributed by atoms with van der Waals surface area (Å²) in [6.07, 6.45) is 1.07. The molecular weight excluding hydrogens is 300 g/mol. The highest BCUT2D eigenvalue weighted by Crippen LogP contribution is 2.27. The Kier molecular flexibility index (Phi) is 5.31. The van der Waals surface area contributed by atoms with Gasteiger partial charge in [-0.1, -0.05) is 24.3 Å². The van der Waals surface area contributed by atoms with Gasteiger partial charge in [-0.05, 0) is 37.6 Å². The Hall–Kier alpha value is -2.56. The molecule has 3 rings (SSSR count). The first-order valence-corrected chi connectivity index (χ1v) is 8.44. The third kappa shape index (κ3) is 4.25. The number of pyridine rings is 1. The van der Waals surface area contributed by atoms with Crippen molar-refractivity contribution >= 4 is 5.96 Å². The largest absolute Gasteiger partial charge is 0.488 e. The maximum Gasteiger partial charge on any atom is 0.191 e. The molecule has 0 radical (unpaired) electrons. The van der Waals surface area contributed by atoms with Gasteiger partial charge in [0.1, 0.15) is 11.9 Å². The molecule has 0 saturated heterocycles. The molecule has 1 aliphatic rings. The topological polar surface area (TPSA) is 58.5 Å². The van der Waals surface area contributed by atoms with Gasteiger partial charge in [-0.25, -0.2) is 4.99 Å². The summed E-state index contributed by atoms with van der Waals surface area (Å²) in [5, 5.41) is 6.64. The van der Waals surface area contributed by atoms with Crippen LogP contribution in [0.2, 0.25) is 0 Å². The van der Waals surface area contributed by atoms with Crippen LogP contribution >= 0.6 is 0 Å². The number of hydrogen-bond acceptors (Lipinski definition) is 3. The zero-order valence-electron chi connectivity index (χ0n) is 14.2. The highest BCUT2D eigenvalue weighted by molar-refractivity contribution is 5.79. The van der Waals surface area contributed by atoms with Crippen molar-refractivity contribution in [2.24, 2.45) is 4.99 Å². The molecule has 0 fully saturated rings. The number of ether oxygens (including phenoxy) is 1. The highest BCUT2D eigenvalue weighted by atomic mass is 16.5. The van der Waals surface area contributed by atoms with Gasteiger partial charge in [0.25, 0.3) is 0 Å². The van der Waals surface area contributed by atoms with Crippen LogP contribution in [-0.2, 0) is 13.0 Å². The summed E-state index contributed by atoms with van der Waals surface area (Å²) in [5.41, 5.74) is 3.25. The Balaban J connectivity index is 1.55. The first-order chi connectivity index (χ1) is 11.7. The molecular formula is C19H24N4O. The number of benzene rings is 1. The highest BCUT2D eigenvalue weighted by Gasteiger charge is 2.22. The van der Waals surface area contributed by atoms with E-state index in [4.69, 9.17) is 4.74 Å². The third-order valence-electron chi connectivity index (χ3n) is 3.90. The van der Waals surface area contributed by atoms with Gasteiger partial charge in [0.15, 0.2) is 5.96 Å². The van der Waals surface area contributed by atoms with Crippen LogP contribution in [0.4, 0.5) is 0 Å². The quantitative estimate of drug-likeness (QED) is 0.655. The summed E-state index contributed by atoms with van der Waals surface area (Å²) in [5.74, 6) is 1.79. The van der Waals surface area contributed by atoms with Crippen molar-refractivity contribution in [2.45, 2.75) is 32.9 Å². The Morgan fingerprint density at radius 3 is 2.88 bits per heavy atom. The number of fused-ring (bicyclic) bond motifs is 1. The Labute approximate surface area is 143 Å². The molecule has 0 amide bonds. The van der Waals surface area contributed by atoms with Crippen LogP contribution in [0.3, 0.4) is 0 Å². The fourth-order valence-corrected chi connectivity index (χ4v) is 2.77. The minimum absolute atomic E-state index is 0.142. The van der Waals surface area contributed by atoms with Crippen LogP contribution in [-0.4, -0.2) is 30.1 Å². The maximum absolute atomic E-state index is 5.96. The monoisotopic (exact) mass is 324 g/mol. The maximum atomic E-state index is 5.96. The zero-order valence-corrected chi connectivity index (χ0v) is 14.2. The van der Waals surface area contributed by atoms with Gasteiger partial charge in [-0.15, -0.1) is 0 Å². The predicted molar refractivity (Wildman–Crippen MR) is 96.4 cm³/mol. The number of aryl methyl sites for hydroxylation is 1. The molecule has 0 bridgehead atoms. The number of guanidine groups is 1. The molecule has 1 aliphatic heterocycles. The molecule has 1 unspecified atom stereocenters. The smallest absolute Gasteiger partial charge is 0.191 e. The van der Waals surface area contributed by atoms with Gasteiger partial charge in [0.05, 0.1) is 18.8 Å². The second-order valence-electron chi connectivity index (χ2n) is 5.90. The fourth-order valence-electron chi connectivity index (χ4n) is 2.77. The van der Waals surface area contributed by atoms with Crippen LogP contribution in [0.5, 0.6) is 5.75 Å². The van der Waals surface area contributed by atoms with Crippen molar-refractivity contribution in [3.8, 4) is 5.75 Å². The molecule has 2 aromatic rings. The van der Waals surface area contributed by atoms with Gasteiger partial charge < -0.3 is 15.4 Å². The first kappa shape index (κ1) is 16.3. The fraction of sp³-hybridized carbons (Fsp3) is 0.368. The molecule has 0 aliphatic carbocycles. The van der Waals surface area contributed by atoms with Gasteiger partial charge in [0, 0.05) is 18.7 Å². The van der Waals surface area contributed by atoms with Gasteiger partial charge >= 0.3 is 0 Å². The van der Waals surface area contributed by atoms with Crippen LogP contribution < -0.4 is 15.4 Å². The van der Waals surface area contributed by atoms with Gasteiger partial charge in [-0.3, -0.25) is 4.98 Å². The first-order valence-electron chi connectivity index (χ1n) is 8.44. The molecule has 24 heavy (non-hydrogen) atoms. The van der Waals surface area contributed by atoms with Crippen molar-refractivity contribution in [2.75, 3.05) is 13.1 Å². The van der Waals surface area contributed by atoms with Crippen molar-refractivity contribution in [3.63, 3.8) is 0 Å². The molecule has 2 heterocycles. The minimum atomic E-state index is 0.142. The summed E-state index contributed by atoms with van der Waals surface area (Å²) in [4.78, 5) is 9.09. The molecule has 1 aromatic heterocycles. The summed E-state index contributed by atoms with van der Waals surface area (Å²) < 4.78 is 5.96. The number of nitrogens with zero attached hydrogens (tertiary/aromatic N) is 2. The van der Waals surface area contributed by atoms with Crippen molar-refractivity contribution < 1.29 is 4.74 Å². The number of aromatic nitrogens is 1. The third-order valence-corrected chi connectivity index (χ3v) is 3.90. The summed E-state index contributed by atoms with van der Waals surface area (Å²) in [7, 11) is 0. The van der Waals surface area contributed by atoms with E-state index >= 15 is 0 Å².